The summed E-state index contributed by atoms with van der Waals surface area (Å²) in [6.45, 7) is 9.62. The summed E-state index contributed by atoms with van der Waals surface area (Å²) in [7, 11) is 0. The number of nitrogens with zero attached hydrogens (tertiary/aromatic N) is 2. The van der Waals surface area contributed by atoms with Crippen molar-refractivity contribution in [3.05, 3.63) is 42.0 Å². The van der Waals surface area contributed by atoms with Crippen molar-refractivity contribution in [3.8, 4) is 0 Å². The molecule has 0 unspecified atom stereocenters. The molecule has 0 radical (unpaired) electrons. The molecule has 1 aromatic rings. The van der Waals surface area contributed by atoms with Crippen molar-refractivity contribution in [3.63, 3.8) is 0 Å². The van der Waals surface area contributed by atoms with Crippen molar-refractivity contribution < 1.29 is 4.79 Å². The van der Waals surface area contributed by atoms with E-state index in [1.165, 1.54) is 5.56 Å². The van der Waals surface area contributed by atoms with Gasteiger partial charge in [0.25, 0.3) is 0 Å². The van der Waals surface area contributed by atoms with E-state index >= 15 is 0 Å². The summed E-state index contributed by atoms with van der Waals surface area (Å²) >= 11 is 0. The minimum absolute atomic E-state index is 0.150. The van der Waals surface area contributed by atoms with Crippen molar-refractivity contribution in [2.45, 2.75) is 26.3 Å². The van der Waals surface area contributed by atoms with Crippen LogP contribution in [0.3, 0.4) is 0 Å². The zero-order valence-electron chi connectivity index (χ0n) is 14.4. The number of piperazine rings is 1. The van der Waals surface area contributed by atoms with E-state index in [9.17, 15) is 4.79 Å². The van der Waals surface area contributed by atoms with Crippen LogP contribution in [0.15, 0.2) is 36.4 Å². The molecule has 1 amide bonds. The number of nitrogens with one attached hydrogen (secondary N) is 1. The predicted octanol–water partition coefficient (Wildman–Crippen LogP) is 2.23. The fraction of sp³-hybridized carbons (Fsp3) is 0.526. The van der Waals surface area contributed by atoms with Crippen LogP contribution in [0, 0.1) is 0 Å². The second kappa shape index (κ2) is 9.48. The number of carbonyl (C=O) groups is 1. The first kappa shape index (κ1) is 17.7. The molecule has 1 fully saturated rings. The topological polar surface area (TPSA) is 35.6 Å². The minimum Gasteiger partial charge on any atom is -0.353 e. The lowest BCUT2D eigenvalue weighted by atomic mass is 10.2. The maximum atomic E-state index is 11.9. The zero-order valence-corrected chi connectivity index (χ0v) is 14.4. The molecule has 1 N–H and O–H groups in total. The fourth-order valence-corrected chi connectivity index (χ4v) is 2.66. The Balaban J connectivity index is 1.66. The molecule has 1 aromatic carbocycles. The van der Waals surface area contributed by atoms with Gasteiger partial charge in [-0.3, -0.25) is 14.6 Å². The van der Waals surface area contributed by atoms with E-state index in [2.05, 4.69) is 65.4 Å². The van der Waals surface area contributed by atoms with E-state index < -0.39 is 0 Å². The Morgan fingerprint density at radius 2 is 1.83 bits per heavy atom. The number of amides is 1. The summed E-state index contributed by atoms with van der Waals surface area (Å²) in [6.07, 6.45) is 5.37. The van der Waals surface area contributed by atoms with Crippen LogP contribution in [-0.2, 0) is 4.79 Å². The molecule has 0 bridgehead atoms. The fourth-order valence-electron chi connectivity index (χ4n) is 2.66. The Labute approximate surface area is 140 Å². The normalized spacial score (nSPS) is 18.2. The number of benzene rings is 1. The van der Waals surface area contributed by atoms with Crippen molar-refractivity contribution in [2.24, 2.45) is 0 Å². The molecular weight excluding hydrogens is 286 g/mol. The lowest BCUT2D eigenvalue weighted by molar-refractivity contribution is -0.123. The van der Waals surface area contributed by atoms with Gasteiger partial charge in [-0.1, -0.05) is 49.4 Å². The van der Waals surface area contributed by atoms with Crippen molar-refractivity contribution in [2.75, 3.05) is 39.3 Å². The minimum atomic E-state index is 0.150. The molecule has 4 nitrogen and oxygen atoms in total. The maximum Gasteiger partial charge on any atom is 0.234 e. The third kappa shape index (κ3) is 6.55. The van der Waals surface area contributed by atoms with Crippen LogP contribution in [0.4, 0.5) is 0 Å². The van der Waals surface area contributed by atoms with Crippen LogP contribution >= 0.6 is 0 Å². The third-order valence-corrected chi connectivity index (χ3v) is 4.33. The second-order valence-electron chi connectivity index (χ2n) is 6.27. The molecule has 4 heteroatoms. The number of rotatable bonds is 7. The van der Waals surface area contributed by atoms with Gasteiger partial charge in [-0.15, -0.1) is 0 Å². The van der Waals surface area contributed by atoms with E-state index in [4.69, 9.17) is 0 Å². The summed E-state index contributed by atoms with van der Waals surface area (Å²) in [6, 6.07) is 10.7. The van der Waals surface area contributed by atoms with Crippen LogP contribution in [0.25, 0.3) is 6.08 Å². The Kier molecular flexibility index (Phi) is 7.30. The van der Waals surface area contributed by atoms with Crippen LogP contribution in [0.2, 0.25) is 0 Å². The summed E-state index contributed by atoms with van der Waals surface area (Å²) in [5.74, 6) is 0.150. The number of hydrogen-bond donors (Lipinski definition) is 1. The Morgan fingerprint density at radius 1 is 1.17 bits per heavy atom. The monoisotopic (exact) mass is 315 g/mol. The van der Waals surface area contributed by atoms with Gasteiger partial charge in [0, 0.05) is 38.8 Å². The molecule has 0 saturated carbocycles. The Bertz CT molecular complexity index is 493. The van der Waals surface area contributed by atoms with Crippen LogP contribution in [0.1, 0.15) is 25.8 Å². The van der Waals surface area contributed by atoms with Gasteiger partial charge in [0.1, 0.15) is 0 Å². The first-order valence-corrected chi connectivity index (χ1v) is 8.63. The maximum absolute atomic E-state index is 11.9. The molecular formula is C19H29N3O. The first-order valence-electron chi connectivity index (χ1n) is 8.63. The van der Waals surface area contributed by atoms with Gasteiger partial charge in [0.05, 0.1) is 6.54 Å². The smallest absolute Gasteiger partial charge is 0.234 e. The molecule has 126 valence electrons. The highest BCUT2D eigenvalue weighted by atomic mass is 16.2. The van der Waals surface area contributed by atoms with Gasteiger partial charge >= 0.3 is 0 Å². The van der Waals surface area contributed by atoms with Gasteiger partial charge in [-0.25, -0.2) is 0 Å². The summed E-state index contributed by atoms with van der Waals surface area (Å²) in [5.41, 5.74) is 1.24. The van der Waals surface area contributed by atoms with Crippen LogP contribution in [0.5, 0.6) is 0 Å². The molecule has 1 aliphatic rings. The largest absolute Gasteiger partial charge is 0.353 e. The predicted molar refractivity (Wildman–Crippen MR) is 96.3 cm³/mol. The van der Waals surface area contributed by atoms with E-state index in [0.29, 0.717) is 6.54 Å². The van der Waals surface area contributed by atoms with Gasteiger partial charge in [-0.2, -0.15) is 0 Å². The Morgan fingerprint density at radius 3 is 2.48 bits per heavy atom. The third-order valence-electron chi connectivity index (χ3n) is 4.33. The number of hydrogen-bond acceptors (Lipinski definition) is 3. The molecule has 1 heterocycles. The molecule has 1 atom stereocenters. The quantitative estimate of drug-likeness (QED) is 0.838. The van der Waals surface area contributed by atoms with Crippen LogP contribution < -0.4 is 5.32 Å². The lowest BCUT2D eigenvalue weighted by Gasteiger charge is -2.33. The first-order chi connectivity index (χ1) is 11.2. The van der Waals surface area contributed by atoms with Crippen LogP contribution in [-0.4, -0.2) is 61.0 Å². The van der Waals surface area contributed by atoms with Gasteiger partial charge < -0.3 is 5.32 Å². The van der Waals surface area contributed by atoms with E-state index in [-0.39, 0.29) is 11.9 Å². The SMILES string of the molecule is CC[C@H](C)NC(=O)CN1CCN(C/C=C/c2ccccc2)CC1. The molecule has 1 aliphatic heterocycles. The number of carbonyl (C=O) groups excluding carboxylic acids is 1. The zero-order chi connectivity index (χ0) is 16.5. The highest BCUT2D eigenvalue weighted by molar-refractivity contribution is 5.78. The molecule has 0 aliphatic carbocycles. The van der Waals surface area contributed by atoms with Gasteiger partial charge in [0.15, 0.2) is 0 Å². The molecule has 0 aromatic heterocycles. The van der Waals surface area contributed by atoms with Gasteiger partial charge in [-0.05, 0) is 18.9 Å². The summed E-state index contributed by atoms with van der Waals surface area (Å²) in [4.78, 5) is 16.6. The second-order valence-corrected chi connectivity index (χ2v) is 6.27. The van der Waals surface area contributed by atoms with E-state index in [0.717, 1.165) is 39.1 Å². The highest BCUT2D eigenvalue weighted by Gasteiger charge is 2.18. The van der Waals surface area contributed by atoms with Crippen molar-refractivity contribution >= 4 is 12.0 Å². The van der Waals surface area contributed by atoms with Gasteiger partial charge in [0.2, 0.25) is 5.91 Å². The Hall–Kier alpha value is -1.65. The summed E-state index contributed by atoms with van der Waals surface area (Å²) < 4.78 is 0. The van der Waals surface area contributed by atoms with E-state index in [1.807, 2.05) is 6.07 Å². The lowest BCUT2D eigenvalue weighted by Crippen LogP contribution is -2.50. The molecule has 23 heavy (non-hydrogen) atoms. The van der Waals surface area contributed by atoms with Crippen molar-refractivity contribution in [1.82, 2.24) is 15.1 Å². The van der Waals surface area contributed by atoms with E-state index in [1.54, 1.807) is 0 Å². The average molecular weight is 315 g/mol. The molecule has 0 spiro atoms. The summed E-state index contributed by atoms with van der Waals surface area (Å²) in [5, 5.41) is 3.04. The van der Waals surface area contributed by atoms with Crippen molar-refractivity contribution in [1.29, 1.82) is 0 Å². The molecule has 1 saturated heterocycles. The highest BCUT2D eigenvalue weighted by Crippen LogP contribution is 2.04. The molecule has 2 rings (SSSR count). The average Bonchev–Trinajstić information content (AvgIpc) is 2.57. The standard InChI is InChI=1S/C19H29N3O/c1-3-17(2)20-19(23)16-22-14-12-21(13-15-22)11-7-10-18-8-5-4-6-9-18/h4-10,17H,3,11-16H2,1-2H3,(H,20,23)/b10-7+/t17-/m0/s1.